The summed E-state index contributed by atoms with van der Waals surface area (Å²) in [5, 5.41) is 0.804. The lowest BCUT2D eigenvalue weighted by Crippen LogP contribution is -2.15. The highest BCUT2D eigenvalue weighted by atomic mass is 32.2. The van der Waals surface area contributed by atoms with Gasteiger partial charge in [0.05, 0.1) is 14.2 Å². The van der Waals surface area contributed by atoms with E-state index in [4.69, 9.17) is 15.2 Å². The number of nitrogens with two attached hydrogens (primary N) is 1. The number of hydrogen-bond acceptors (Lipinski definition) is 4. The third kappa shape index (κ3) is 4.05. The van der Waals surface area contributed by atoms with Gasteiger partial charge in [-0.15, -0.1) is 0 Å². The van der Waals surface area contributed by atoms with Gasteiger partial charge < -0.3 is 15.2 Å². The van der Waals surface area contributed by atoms with Crippen LogP contribution in [0.15, 0.2) is 18.2 Å². The Labute approximate surface area is 119 Å². The maximum atomic E-state index is 6.29. The lowest BCUT2D eigenvalue weighted by molar-refractivity contribution is 0.393. The fraction of sp³-hybridized carbons (Fsp3) is 0.600. The molecule has 19 heavy (non-hydrogen) atoms. The molecule has 0 heterocycles. The van der Waals surface area contributed by atoms with Crippen LogP contribution in [0.3, 0.4) is 0 Å². The zero-order valence-corrected chi connectivity index (χ0v) is 12.5. The normalized spacial score (nSPS) is 17.4. The second-order valence-electron chi connectivity index (χ2n) is 4.99. The molecule has 106 valence electrons. The number of rotatable bonds is 6. The first-order valence-electron chi connectivity index (χ1n) is 6.83. The van der Waals surface area contributed by atoms with E-state index in [1.165, 1.54) is 25.7 Å². The van der Waals surface area contributed by atoms with Gasteiger partial charge in [0.25, 0.3) is 0 Å². The van der Waals surface area contributed by atoms with Crippen molar-refractivity contribution in [3.05, 3.63) is 23.8 Å². The van der Waals surface area contributed by atoms with E-state index < -0.39 is 0 Å². The molecule has 1 aliphatic carbocycles. The third-order valence-electron chi connectivity index (χ3n) is 3.62. The zero-order valence-electron chi connectivity index (χ0n) is 11.7. The third-order valence-corrected chi connectivity index (χ3v) is 5.11. The molecule has 1 unspecified atom stereocenters. The maximum Gasteiger partial charge on any atom is 0.122 e. The fourth-order valence-electron chi connectivity index (χ4n) is 2.43. The average molecular weight is 281 g/mol. The van der Waals surface area contributed by atoms with E-state index >= 15 is 0 Å². The van der Waals surface area contributed by atoms with Crippen molar-refractivity contribution in [3.63, 3.8) is 0 Å². The first-order valence-corrected chi connectivity index (χ1v) is 7.88. The second-order valence-corrected chi connectivity index (χ2v) is 6.33. The van der Waals surface area contributed by atoms with Crippen molar-refractivity contribution in [3.8, 4) is 11.5 Å². The van der Waals surface area contributed by atoms with Crippen molar-refractivity contribution in [1.29, 1.82) is 0 Å². The van der Waals surface area contributed by atoms with Crippen molar-refractivity contribution >= 4 is 11.8 Å². The summed E-state index contributed by atoms with van der Waals surface area (Å²) in [6.07, 6.45) is 5.44. The molecular weight excluding hydrogens is 258 g/mol. The van der Waals surface area contributed by atoms with E-state index in [2.05, 4.69) is 0 Å². The van der Waals surface area contributed by atoms with E-state index in [0.29, 0.717) is 0 Å². The van der Waals surface area contributed by atoms with Crippen molar-refractivity contribution < 1.29 is 9.47 Å². The summed E-state index contributed by atoms with van der Waals surface area (Å²) in [6.45, 7) is 0. The molecule has 3 nitrogen and oxygen atoms in total. The summed E-state index contributed by atoms with van der Waals surface area (Å²) in [5.41, 5.74) is 7.37. The van der Waals surface area contributed by atoms with Gasteiger partial charge in [-0.25, -0.2) is 0 Å². The molecule has 2 rings (SSSR count). The Bertz CT molecular complexity index is 383. The first-order chi connectivity index (χ1) is 9.22. The zero-order chi connectivity index (χ0) is 13.7. The molecule has 0 amide bonds. The topological polar surface area (TPSA) is 44.5 Å². The van der Waals surface area contributed by atoms with E-state index in [1.54, 1.807) is 14.2 Å². The Morgan fingerprint density at radius 3 is 2.26 bits per heavy atom. The summed E-state index contributed by atoms with van der Waals surface area (Å²) in [7, 11) is 3.33. The molecule has 1 fully saturated rings. The van der Waals surface area contributed by atoms with Gasteiger partial charge in [-0.2, -0.15) is 11.8 Å². The molecule has 0 radical (unpaired) electrons. The maximum absolute atomic E-state index is 6.29. The van der Waals surface area contributed by atoms with Crippen LogP contribution in [0.25, 0.3) is 0 Å². The molecular formula is C15H23NO2S. The molecule has 0 aliphatic heterocycles. The van der Waals surface area contributed by atoms with Gasteiger partial charge in [-0.05, 0) is 30.5 Å². The number of methoxy groups -OCH3 is 2. The van der Waals surface area contributed by atoms with Crippen LogP contribution in [0, 0.1) is 0 Å². The standard InChI is InChI=1S/C15H23NO2S/c1-17-12-7-11(8-13(9-12)18-2)15(16)10-19-14-5-3-4-6-14/h7-9,14-15H,3-6,10,16H2,1-2H3. The predicted octanol–water partition coefficient (Wildman–Crippen LogP) is 3.38. The molecule has 1 aromatic carbocycles. The minimum absolute atomic E-state index is 0.0367. The average Bonchev–Trinajstić information content (AvgIpc) is 2.97. The summed E-state index contributed by atoms with van der Waals surface area (Å²) >= 11 is 2.01. The number of thioether (sulfide) groups is 1. The first kappa shape index (κ1) is 14.5. The number of ether oxygens (including phenoxy) is 2. The molecule has 1 saturated carbocycles. The second kappa shape index (κ2) is 7.06. The fourth-order valence-corrected chi connectivity index (χ4v) is 3.77. The van der Waals surface area contributed by atoms with Crippen molar-refractivity contribution in [2.45, 2.75) is 37.0 Å². The van der Waals surface area contributed by atoms with E-state index in [-0.39, 0.29) is 6.04 Å². The van der Waals surface area contributed by atoms with Crippen LogP contribution in [0.2, 0.25) is 0 Å². The van der Waals surface area contributed by atoms with Crippen LogP contribution >= 0.6 is 11.8 Å². The van der Waals surface area contributed by atoms with E-state index in [9.17, 15) is 0 Å². The molecule has 2 N–H and O–H groups in total. The van der Waals surface area contributed by atoms with Gasteiger partial charge in [0.15, 0.2) is 0 Å². The monoisotopic (exact) mass is 281 g/mol. The summed E-state index contributed by atoms with van der Waals surface area (Å²) < 4.78 is 10.6. The predicted molar refractivity (Wildman–Crippen MR) is 81.2 cm³/mol. The van der Waals surface area contributed by atoms with E-state index in [0.717, 1.165) is 28.1 Å². The number of benzene rings is 1. The van der Waals surface area contributed by atoms with Gasteiger partial charge in [-0.1, -0.05) is 12.8 Å². The minimum Gasteiger partial charge on any atom is -0.497 e. The molecule has 0 aromatic heterocycles. The molecule has 1 aliphatic rings. The van der Waals surface area contributed by atoms with Gasteiger partial charge in [0.2, 0.25) is 0 Å². The highest BCUT2D eigenvalue weighted by Crippen LogP contribution is 2.33. The van der Waals surface area contributed by atoms with Gasteiger partial charge in [0.1, 0.15) is 11.5 Å². The minimum atomic E-state index is 0.0367. The Balaban J connectivity index is 1.98. The highest BCUT2D eigenvalue weighted by molar-refractivity contribution is 7.99. The summed E-state index contributed by atoms with van der Waals surface area (Å²) in [4.78, 5) is 0. The van der Waals surface area contributed by atoms with Crippen molar-refractivity contribution in [2.75, 3.05) is 20.0 Å². The van der Waals surface area contributed by atoms with Crippen LogP contribution in [0.5, 0.6) is 11.5 Å². The van der Waals surface area contributed by atoms with Crippen molar-refractivity contribution in [2.24, 2.45) is 5.73 Å². The van der Waals surface area contributed by atoms with E-state index in [1.807, 2.05) is 30.0 Å². The van der Waals surface area contributed by atoms with Crippen LogP contribution in [-0.4, -0.2) is 25.2 Å². The number of hydrogen-bond donors (Lipinski definition) is 1. The van der Waals surface area contributed by atoms with Crippen LogP contribution in [0.4, 0.5) is 0 Å². The lowest BCUT2D eigenvalue weighted by atomic mass is 10.1. The Hall–Kier alpha value is -0.870. The van der Waals surface area contributed by atoms with Crippen LogP contribution in [-0.2, 0) is 0 Å². The molecule has 1 atom stereocenters. The van der Waals surface area contributed by atoms with Gasteiger partial charge >= 0.3 is 0 Å². The lowest BCUT2D eigenvalue weighted by Gasteiger charge is -2.16. The smallest absolute Gasteiger partial charge is 0.122 e. The Morgan fingerprint density at radius 2 is 1.74 bits per heavy atom. The van der Waals surface area contributed by atoms with Crippen molar-refractivity contribution in [1.82, 2.24) is 0 Å². The molecule has 0 spiro atoms. The van der Waals surface area contributed by atoms with Gasteiger partial charge in [-0.3, -0.25) is 0 Å². The Morgan fingerprint density at radius 1 is 1.16 bits per heavy atom. The van der Waals surface area contributed by atoms with Crippen LogP contribution < -0.4 is 15.2 Å². The summed E-state index contributed by atoms with van der Waals surface area (Å²) in [5.74, 6) is 2.56. The SMILES string of the molecule is COc1cc(OC)cc(C(N)CSC2CCCC2)c1. The van der Waals surface area contributed by atoms with Crippen LogP contribution in [0.1, 0.15) is 37.3 Å². The summed E-state index contributed by atoms with van der Waals surface area (Å²) in [6, 6.07) is 5.92. The highest BCUT2D eigenvalue weighted by Gasteiger charge is 2.17. The molecule has 4 heteroatoms. The van der Waals surface area contributed by atoms with Gasteiger partial charge in [0, 0.05) is 23.1 Å². The largest absolute Gasteiger partial charge is 0.497 e. The molecule has 1 aromatic rings. The molecule has 0 saturated heterocycles. The molecule has 0 bridgehead atoms. The Kier molecular flexibility index (Phi) is 5.40. The quantitative estimate of drug-likeness (QED) is 0.868.